The Balaban J connectivity index is 2.01. The van der Waals surface area contributed by atoms with Gasteiger partial charge in [0.15, 0.2) is 5.13 Å². The first-order chi connectivity index (χ1) is 9.61. The van der Waals surface area contributed by atoms with Gasteiger partial charge in [0.1, 0.15) is 11.2 Å². The van der Waals surface area contributed by atoms with Crippen LogP contribution in [0.4, 0.5) is 5.13 Å². The van der Waals surface area contributed by atoms with Gasteiger partial charge in [0.2, 0.25) is 0 Å². The SMILES string of the molecule is CCOC(=O)C(N)Cc1sc(N2CCCCC2)nc1Cl. The van der Waals surface area contributed by atoms with Crippen LogP contribution in [0.15, 0.2) is 0 Å². The van der Waals surface area contributed by atoms with E-state index < -0.39 is 12.0 Å². The van der Waals surface area contributed by atoms with Crippen LogP contribution in [0, 0.1) is 0 Å². The Kier molecular flexibility index (Phi) is 5.63. The fourth-order valence-electron chi connectivity index (χ4n) is 2.20. The predicted octanol–water partition coefficient (Wildman–Crippen LogP) is 2.22. The topological polar surface area (TPSA) is 68.5 Å². The van der Waals surface area contributed by atoms with Crippen LogP contribution in [0.25, 0.3) is 0 Å². The van der Waals surface area contributed by atoms with E-state index in [4.69, 9.17) is 22.1 Å². The van der Waals surface area contributed by atoms with Crippen molar-refractivity contribution < 1.29 is 9.53 Å². The first-order valence-electron chi connectivity index (χ1n) is 6.94. The van der Waals surface area contributed by atoms with Crippen LogP contribution >= 0.6 is 22.9 Å². The Labute approximate surface area is 128 Å². The molecule has 1 unspecified atom stereocenters. The quantitative estimate of drug-likeness (QED) is 0.843. The lowest BCUT2D eigenvalue weighted by molar-refractivity contribution is -0.144. The first-order valence-corrected chi connectivity index (χ1v) is 8.13. The summed E-state index contributed by atoms with van der Waals surface area (Å²) in [5.41, 5.74) is 5.82. The van der Waals surface area contributed by atoms with Gasteiger partial charge in [-0.15, -0.1) is 11.3 Å². The number of hydrogen-bond donors (Lipinski definition) is 1. The Morgan fingerprint density at radius 1 is 1.50 bits per heavy atom. The molecule has 1 aliphatic rings. The number of carbonyl (C=O) groups excluding carboxylic acids is 1. The molecular weight excluding hydrogens is 298 g/mol. The number of nitrogens with two attached hydrogens (primary N) is 1. The summed E-state index contributed by atoms with van der Waals surface area (Å²) in [7, 11) is 0. The number of anilines is 1. The minimum Gasteiger partial charge on any atom is -0.465 e. The van der Waals surface area contributed by atoms with E-state index >= 15 is 0 Å². The standard InChI is InChI=1S/C13H20ClN3O2S/c1-2-19-12(18)9(15)8-10-11(14)16-13(20-10)17-6-4-3-5-7-17/h9H,2-8,15H2,1H3. The Hall–Kier alpha value is -0.850. The van der Waals surface area contributed by atoms with Gasteiger partial charge in [-0.25, -0.2) is 4.98 Å². The predicted molar refractivity (Wildman–Crippen MR) is 81.5 cm³/mol. The number of nitrogens with zero attached hydrogens (tertiary/aromatic N) is 2. The molecule has 1 fully saturated rings. The molecule has 0 amide bonds. The second-order valence-electron chi connectivity index (χ2n) is 4.82. The fourth-order valence-corrected chi connectivity index (χ4v) is 3.58. The van der Waals surface area contributed by atoms with Crippen molar-refractivity contribution in [3.05, 3.63) is 10.0 Å². The number of hydrogen-bond acceptors (Lipinski definition) is 6. The van der Waals surface area contributed by atoms with Crippen LogP contribution < -0.4 is 10.6 Å². The average molecular weight is 318 g/mol. The van der Waals surface area contributed by atoms with Crippen molar-refractivity contribution >= 4 is 34.0 Å². The highest BCUT2D eigenvalue weighted by Crippen LogP contribution is 2.32. The van der Waals surface area contributed by atoms with Gasteiger partial charge in [-0.1, -0.05) is 11.6 Å². The van der Waals surface area contributed by atoms with Gasteiger partial charge in [0.25, 0.3) is 0 Å². The second kappa shape index (κ2) is 7.24. The van der Waals surface area contributed by atoms with E-state index in [1.807, 2.05) is 0 Å². The third kappa shape index (κ3) is 3.84. The van der Waals surface area contributed by atoms with E-state index in [1.54, 1.807) is 6.92 Å². The van der Waals surface area contributed by atoms with E-state index in [0.717, 1.165) is 23.1 Å². The number of carbonyl (C=O) groups is 1. The zero-order chi connectivity index (χ0) is 14.5. The summed E-state index contributed by atoms with van der Waals surface area (Å²) < 4.78 is 4.91. The molecule has 0 bridgehead atoms. The second-order valence-corrected chi connectivity index (χ2v) is 6.24. The monoisotopic (exact) mass is 317 g/mol. The Bertz CT molecular complexity index is 460. The number of halogens is 1. The molecule has 1 atom stereocenters. The van der Waals surface area contributed by atoms with Crippen molar-refractivity contribution in [1.82, 2.24) is 4.98 Å². The zero-order valence-corrected chi connectivity index (χ0v) is 13.2. The van der Waals surface area contributed by atoms with Crippen molar-refractivity contribution in [2.75, 3.05) is 24.6 Å². The van der Waals surface area contributed by atoms with E-state index in [1.165, 1.54) is 30.6 Å². The van der Waals surface area contributed by atoms with E-state index in [2.05, 4.69) is 9.88 Å². The third-order valence-electron chi connectivity index (χ3n) is 3.26. The van der Waals surface area contributed by atoms with E-state index in [-0.39, 0.29) is 0 Å². The molecular formula is C13H20ClN3O2S. The van der Waals surface area contributed by atoms with Gasteiger partial charge >= 0.3 is 5.97 Å². The van der Waals surface area contributed by atoms with Crippen molar-refractivity contribution in [2.45, 2.75) is 38.6 Å². The van der Waals surface area contributed by atoms with E-state index in [9.17, 15) is 4.79 Å². The lowest BCUT2D eigenvalue weighted by Crippen LogP contribution is -2.34. The first kappa shape index (κ1) is 15.5. The van der Waals surface area contributed by atoms with Crippen LogP contribution in [-0.2, 0) is 16.0 Å². The largest absolute Gasteiger partial charge is 0.465 e. The maximum atomic E-state index is 11.6. The Morgan fingerprint density at radius 2 is 2.20 bits per heavy atom. The number of esters is 1. The van der Waals surface area contributed by atoms with Crippen LogP contribution in [0.2, 0.25) is 5.15 Å². The molecule has 20 heavy (non-hydrogen) atoms. The van der Waals surface area contributed by atoms with Gasteiger partial charge in [-0.2, -0.15) is 0 Å². The number of rotatable bonds is 5. The molecule has 0 aromatic carbocycles. The summed E-state index contributed by atoms with van der Waals surface area (Å²) in [6.07, 6.45) is 4.03. The van der Waals surface area contributed by atoms with Gasteiger partial charge in [0, 0.05) is 24.4 Å². The molecule has 0 saturated carbocycles. The molecule has 1 saturated heterocycles. The molecule has 2 N–H and O–H groups in total. The van der Waals surface area contributed by atoms with Crippen LogP contribution in [0.5, 0.6) is 0 Å². The lowest BCUT2D eigenvalue weighted by atomic mass is 10.1. The molecule has 112 valence electrons. The summed E-state index contributed by atoms with van der Waals surface area (Å²) >= 11 is 7.68. The highest BCUT2D eigenvalue weighted by Gasteiger charge is 2.22. The highest BCUT2D eigenvalue weighted by molar-refractivity contribution is 7.16. The molecule has 2 rings (SSSR count). The summed E-state index contributed by atoms with van der Waals surface area (Å²) in [6.45, 7) is 4.14. The molecule has 0 radical (unpaired) electrons. The normalized spacial score (nSPS) is 17.1. The molecule has 0 spiro atoms. The van der Waals surface area contributed by atoms with E-state index in [0.29, 0.717) is 18.2 Å². The molecule has 7 heteroatoms. The van der Waals surface area contributed by atoms with Crippen molar-refractivity contribution in [3.8, 4) is 0 Å². The number of thiazole rings is 1. The summed E-state index contributed by atoms with van der Waals surface area (Å²) in [5, 5.41) is 1.39. The van der Waals surface area contributed by atoms with Gasteiger partial charge < -0.3 is 15.4 Å². The third-order valence-corrected chi connectivity index (χ3v) is 4.82. The Morgan fingerprint density at radius 3 is 2.85 bits per heavy atom. The molecule has 1 aromatic heterocycles. The minimum absolute atomic E-state index is 0.335. The van der Waals surface area contributed by atoms with Crippen molar-refractivity contribution in [1.29, 1.82) is 0 Å². The van der Waals surface area contributed by atoms with Crippen molar-refractivity contribution in [2.24, 2.45) is 5.73 Å². The van der Waals surface area contributed by atoms with Gasteiger partial charge in [-0.3, -0.25) is 4.79 Å². The summed E-state index contributed by atoms with van der Waals surface area (Å²) in [6, 6.07) is -0.679. The fraction of sp³-hybridized carbons (Fsp3) is 0.692. The molecule has 1 aromatic rings. The molecule has 2 heterocycles. The van der Waals surface area contributed by atoms with Crippen LogP contribution in [0.3, 0.4) is 0 Å². The number of aromatic nitrogens is 1. The lowest BCUT2D eigenvalue weighted by Gasteiger charge is -2.25. The van der Waals surface area contributed by atoms with Gasteiger partial charge in [0.05, 0.1) is 6.61 Å². The van der Waals surface area contributed by atoms with Crippen LogP contribution in [0.1, 0.15) is 31.1 Å². The molecule has 1 aliphatic heterocycles. The van der Waals surface area contributed by atoms with Crippen molar-refractivity contribution in [3.63, 3.8) is 0 Å². The highest BCUT2D eigenvalue weighted by atomic mass is 35.5. The van der Waals surface area contributed by atoms with Gasteiger partial charge in [-0.05, 0) is 26.2 Å². The summed E-state index contributed by atoms with van der Waals surface area (Å²) in [4.78, 5) is 19.0. The average Bonchev–Trinajstić information content (AvgIpc) is 2.81. The summed E-state index contributed by atoms with van der Waals surface area (Å²) in [5.74, 6) is -0.392. The van der Waals surface area contributed by atoms with Crippen LogP contribution in [-0.4, -0.2) is 36.7 Å². The molecule has 0 aliphatic carbocycles. The maximum Gasteiger partial charge on any atom is 0.323 e. The smallest absolute Gasteiger partial charge is 0.323 e. The minimum atomic E-state index is -0.679. The molecule has 5 nitrogen and oxygen atoms in total. The number of ether oxygens (including phenoxy) is 1. The zero-order valence-electron chi connectivity index (χ0n) is 11.6. The number of piperidine rings is 1. The maximum absolute atomic E-state index is 11.6.